The van der Waals surface area contributed by atoms with Crippen molar-refractivity contribution in [3.63, 3.8) is 0 Å². The molecule has 22 heavy (non-hydrogen) atoms. The van der Waals surface area contributed by atoms with Crippen molar-refractivity contribution in [2.24, 2.45) is 0 Å². The van der Waals surface area contributed by atoms with Crippen LogP contribution < -0.4 is 5.32 Å². The summed E-state index contributed by atoms with van der Waals surface area (Å²) in [6, 6.07) is 2.58. The molecule has 1 spiro atoms. The zero-order valence-electron chi connectivity index (χ0n) is 13.5. The predicted octanol–water partition coefficient (Wildman–Crippen LogP) is 3.26. The molecule has 3 rings (SSSR count). The Kier molecular flexibility index (Phi) is 4.30. The Balaban J connectivity index is 1.76. The van der Waals surface area contributed by atoms with Gasteiger partial charge in [0.15, 0.2) is 5.82 Å². The molecule has 1 aromatic heterocycles. The molecule has 1 atom stereocenters. The van der Waals surface area contributed by atoms with Crippen molar-refractivity contribution < 1.29 is 4.74 Å². The van der Waals surface area contributed by atoms with Gasteiger partial charge in [0.05, 0.1) is 11.3 Å². The quantitative estimate of drug-likeness (QED) is 0.907. The maximum absolute atomic E-state index is 9.41. The van der Waals surface area contributed by atoms with E-state index < -0.39 is 0 Å². The third kappa shape index (κ3) is 2.93. The normalized spacial score (nSPS) is 24.0. The molecule has 1 aliphatic heterocycles. The number of hydrogen-bond acceptors (Lipinski definition) is 5. The lowest BCUT2D eigenvalue weighted by Gasteiger charge is -2.43. The third-order valence-electron chi connectivity index (χ3n) is 5.16. The van der Waals surface area contributed by atoms with Crippen molar-refractivity contribution in [3.8, 4) is 6.07 Å². The van der Waals surface area contributed by atoms with E-state index in [4.69, 9.17) is 4.74 Å². The van der Waals surface area contributed by atoms with E-state index in [0.29, 0.717) is 17.4 Å². The molecule has 1 aliphatic carbocycles. The summed E-state index contributed by atoms with van der Waals surface area (Å²) in [7, 11) is 0. The molecule has 1 aromatic rings. The molecule has 118 valence electrons. The van der Waals surface area contributed by atoms with E-state index >= 15 is 0 Å². The van der Waals surface area contributed by atoms with E-state index in [1.807, 2.05) is 13.8 Å². The number of aryl methyl sites for hydroxylation is 1. The zero-order chi connectivity index (χ0) is 15.6. The summed E-state index contributed by atoms with van der Waals surface area (Å²) >= 11 is 0. The van der Waals surface area contributed by atoms with Gasteiger partial charge in [-0.15, -0.1) is 5.10 Å². The highest BCUT2D eigenvalue weighted by Crippen LogP contribution is 2.39. The van der Waals surface area contributed by atoms with Crippen LogP contribution in [0.1, 0.15) is 61.8 Å². The van der Waals surface area contributed by atoms with E-state index in [1.165, 1.54) is 19.3 Å². The first-order chi connectivity index (χ1) is 10.6. The van der Waals surface area contributed by atoms with Crippen LogP contribution in [0.4, 0.5) is 5.82 Å². The third-order valence-corrected chi connectivity index (χ3v) is 5.16. The first kappa shape index (κ1) is 15.2. The molecule has 0 radical (unpaired) electrons. The number of anilines is 1. The highest BCUT2D eigenvalue weighted by Gasteiger charge is 2.38. The van der Waals surface area contributed by atoms with Gasteiger partial charge >= 0.3 is 0 Å². The minimum atomic E-state index is 0.0497. The molecule has 1 saturated carbocycles. The van der Waals surface area contributed by atoms with E-state index in [2.05, 4.69) is 21.6 Å². The summed E-state index contributed by atoms with van der Waals surface area (Å²) in [5.41, 5.74) is 2.41. The van der Waals surface area contributed by atoms with E-state index in [9.17, 15) is 5.26 Å². The number of nitriles is 1. The monoisotopic (exact) mass is 300 g/mol. The number of hydrogen-bond donors (Lipinski definition) is 1. The fraction of sp³-hybridized carbons (Fsp3) is 0.706. The molecular weight excluding hydrogens is 276 g/mol. The van der Waals surface area contributed by atoms with Gasteiger partial charge < -0.3 is 10.1 Å². The number of rotatable bonds is 2. The predicted molar refractivity (Wildman–Crippen MR) is 84.6 cm³/mol. The number of nitrogens with zero attached hydrogens (tertiary/aromatic N) is 3. The SMILES string of the molecule is Cc1nnc(NC2CCOC3(CCCCC3)C2)c(C#N)c1C. The van der Waals surface area contributed by atoms with Gasteiger partial charge in [0.25, 0.3) is 0 Å². The Bertz CT molecular complexity index is 582. The van der Waals surface area contributed by atoms with Crippen LogP contribution in [0.25, 0.3) is 0 Å². The van der Waals surface area contributed by atoms with Gasteiger partial charge in [0.1, 0.15) is 11.6 Å². The number of ether oxygens (including phenoxy) is 1. The van der Waals surface area contributed by atoms with Crippen LogP contribution in [0.3, 0.4) is 0 Å². The molecule has 1 saturated heterocycles. The summed E-state index contributed by atoms with van der Waals surface area (Å²) in [4.78, 5) is 0. The second kappa shape index (κ2) is 6.21. The van der Waals surface area contributed by atoms with Crippen molar-refractivity contribution in [2.75, 3.05) is 11.9 Å². The van der Waals surface area contributed by atoms with Gasteiger partial charge in [0, 0.05) is 12.6 Å². The fourth-order valence-electron chi connectivity index (χ4n) is 3.74. The standard InChI is InChI=1S/C17H24N4O/c1-12-13(2)20-21-16(15(12)11-18)19-14-6-9-22-17(10-14)7-4-3-5-8-17/h14H,3-10H2,1-2H3,(H,19,21). The summed E-state index contributed by atoms with van der Waals surface area (Å²) in [6.45, 7) is 4.61. The lowest BCUT2D eigenvalue weighted by atomic mass is 9.78. The Morgan fingerprint density at radius 3 is 2.73 bits per heavy atom. The second-order valence-corrected chi connectivity index (χ2v) is 6.67. The highest BCUT2D eigenvalue weighted by molar-refractivity contribution is 5.56. The fourth-order valence-corrected chi connectivity index (χ4v) is 3.74. The first-order valence-electron chi connectivity index (χ1n) is 8.28. The van der Waals surface area contributed by atoms with Crippen LogP contribution >= 0.6 is 0 Å². The highest BCUT2D eigenvalue weighted by atomic mass is 16.5. The molecule has 0 amide bonds. The van der Waals surface area contributed by atoms with Crippen LogP contribution in [-0.2, 0) is 4.74 Å². The van der Waals surface area contributed by atoms with Gasteiger partial charge in [-0.25, -0.2) is 0 Å². The maximum Gasteiger partial charge on any atom is 0.167 e. The molecule has 5 nitrogen and oxygen atoms in total. The van der Waals surface area contributed by atoms with E-state index in [1.54, 1.807) is 0 Å². The molecule has 0 bridgehead atoms. The van der Waals surface area contributed by atoms with Crippen LogP contribution in [0.5, 0.6) is 0 Å². The van der Waals surface area contributed by atoms with Crippen LogP contribution in [-0.4, -0.2) is 28.4 Å². The molecular formula is C17H24N4O. The number of nitrogens with one attached hydrogen (secondary N) is 1. The first-order valence-corrected chi connectivity index (χ1v) is 8.28. The smallest absolute Gasteiger partial charge is 0.167 e. The minimum absolute atomic E-state index is 0.0497. The zero-order valence-corrected chi connectivity index (χ0v) is 13.5. The summed E-state index contributed by atoms with van der Waals surface area (Å²) in [5.74, 6) is 0.628. The Labute approximate surface area is 132 Å². The van der Waals surface area contributed by atoms with Crippen LogP contribution in [0.2, 0.25) is 0 Å². The summed E-state index contributed by atoms with van der Waals surface area (Å²) in [6.07, 6.45) is 8.14. The van der Waals surface area contributed by atoms with E-state index in [0.717, 1.165) is 43.5 Å². The molecule has 1 unspecified atom stereocenters. The maximum atomic E-state index is 9.41. The Morgan fingerprint density at radius 2 is 2.00 bits per heavy atom. The van der Waals surface area contributed by atoms with Gasteiger partial charge in [-0.3, -0.25) is 0 Å². The number of aromatic nitrogens is 2. The van der Waals surface area contributed by atoms with Gasteiger partial charge in [0.2, 0.25) is 0 Å². The minimum Gasteiger partial charge on any atom is -0.375 e. The van der Waals surface area contributed by atoms with Crippen molar-refractivity contribution >= 4 is 5.82 Å². The van der Waals surface area contributed by atoms with Crippen molar-refractivity contribution in [3.05, 3.63) is 16.8 Å². The lowest BCUT2D eigenvalue weighted by Crippen LogP contribution is -2.45. The van der Waals surface area contributed by atoms with Crippen LogP contribution in [0.15, 0.2) is 0 Å². The molecule has 1 N–H and O–H groups in total. The van der Waals surface area contributed by atoms with Crippen LogP contribution in [0, 0.1) is 25.2 Å². The Morgan fingerprint density at radius 1 is 1.23 bits per heavy atom. The molecule has 2 heterocycles. The topological polar surface area (TPSA) is 70.8 Å². The van der Waals surface area contributed by atoms with Crippen molar-refractivity contribution in [1.82, 2.24) is 10.2 Å². The second-order valence-electron chi connectivity index (χ2n) is 6.67. The summed E-state index contributed by atoms with van der Waals surface area (Å²) < 4.78 is 6.13. The van der Waals surface area contributed by atoms with Crippen molar-refractivity contribution in [1.29, 1.82) is 5.26 Å². The molecule has 2 fully saturated rings. The Hall–Kier alpha value is -1.67. The van der Waals surface area contributed by atoms with Crippen molar-refractivity contribution in [2.45, 2.75) is 70.4 Å². The van der Waals surface area contributed by atoms with Gasteiger partial charge in [-0.05, 0) is 45.1 Å². The summed E-state index contributed by atoms with van der Waals surface area (Å²) in [5, 5.41) is 21.3. The molecule has 0 aromatic carbocycles. The molecule has 5 heteroatoms. The molecule has 2 aliphatic rings. The van der Waals surface area contributed by atoms with E-state index in [-0.39, 0.29) is 5.60 Å². The lowest BCUT2D eigenvalue weighted by molar-refractivity contribution is -0.103. The van der Waals surface area contributed by atoms with Gasteiger partial charge in [-0.1, -0.05) is 19.3 Å². The largest absolute Gasteiger partial charge is 0.375 e. The van der Waals surface area contributed by atoms with Gasteiger partial charge in [-0.2, -0.15) is 10.4 Å². The average molecular weight is 300 g/mol. The average Bonchev–Trinajstić information content (AvgIpc) is 2.52.